The number of hydrogen-bond donors (Lipinski definition) is 3. The highest BCUT2D eigenvalue weighted by Crippen LogP contribution is 2.44. The summed E-state index contributed by atoms with van der Waals surface area (Å²) in [6, 6.07) is 21.7. The maximum atomic E-state index is 14.2. The second kappa shape index (κ2) is 16.7. The van der Waals surface area contributed by atoms with Crippen molar-refractivity contribution in [3.05, 3.63) is 95.6 Å². The van der Waals surface area contributed by atoms with Crippen LogP contribution in [-0.4, -0.2) is 79.1 Å². The Labute approximate surface area is 299 Å². The zero-order valence-corrected chi connectivity index (χ0v) is 29.9. The maximum Gasteiger partial charge on any atom is 0.407 e. The predicted octanol–water partition coefficient (Wildman–Crippen LogP) is 4.58. The fourth-order valence-electron chi connectivity index (χ4n) is 6.99. The molecule has 0 radical (unpaired) electrons. The van der Waals surface area contributed by atoms with E-state index < -0.39 is 54.0 Å². The maximum absolute atomic E-state index is 14.2. The van der Waals surface area contributed by atoms with E-state index in [-0.39, 0.29) is 30.8 Å². The number of methoxy groups -OCH3 is 1. The molecule has 3 N–H and O–H groups in total. The summed E-state index contributed by atoms with van der Waals surface area (Å²) in [5, 5.41) is 8.36. The van der Waals surface area contributed by atoms with Gasteiger partial charge in [-0.25, -0.2) is 9.59 Å². The molecule has 1 heterocycles. The van der Waals surface area contributed by atoms with Crippen molar-refractivity contribution in [2.24, 2.45) is 11.8 Å². The van der Waals surface area contributed by atoms with Gasteiger partial charge in [-0.2, -0.15) is 0 Å². The van der Waals surface area contributed by atoms with Gasteiger partial charge in [0.15, 0.2) is 0 Å². The molecule has 5 rings (SSSR count). The number of rotatable bonds is 13. The smallest absolute Gasteiger partial charge is 0.407 e. The molecule has 0 spiro atoms. The second-order valence-corrected chi connectivity index (χ2v) is 13.9. The number of benzene rings is 3. The molecule has 0 aromatic heterocycles. The van der Waals surface area contributed by atoms with Gasteiger partial charge in [0.2, 0.25) is 17.7 Å². The number of alkyl carbamates (subject to hydrolysis) is 1. The van der Waals surface area contributed by atoms with Crippen LogP contribution in [0.2, 0.25) is 0 Å². The summed E-state index contributed by atoms with van der Waals surface area (Å²) in [7, 11) is 1.25. The van der Waals surface area contributed by atoms with Crippen LogP contribution in [0.4, 0.5) is 4.79 Å². The molecule has 0 saturated carbocycles. The van der Waals surface area contributed by atoms with Gasteiger partial charge in [-0.3, -0.25) is 14.4 Å². The minimum atomic E-state index is -1.01. The zero-order valence-electron chi connectivity index (χ0n) is 29.9. The molecule has 1 aliphatic carbocycles. The van der Waals surface area contributed by atoms with E-state index in [1.165, 1.54) is 12.0 Å². The highest BCUT2D eigenvalue weighted by molar-refractivity contribution is 5.95. The first-order valence-corrected chi connectivity index (χ1v) is 17.6. The van der Waals surface area contributed by atoms with Crippen molar-refractivity contribution >= 4 is 29.8 Å². The topological polar surface area (TPSA) is 143 Å². The molecular formula is C40H48N4O7. The molecule has 2 aliphatic rings. The molecule has 4 unspecified atom stereocenters. The third-order valence-electron chi connectivity index (χ3n) is 9.72. The van der Waals surface area contributed by atoms with Crippen LogP contribution >= 0.6 is 0 Å². The van der Waals surface area contributed by atoms with E-state index in [4.69, 9.17) is 9.47 Å². The van der Waals surface area contributed by atoms with Gasteiger partial charge in [0.1, 0.15) is 30.8 Å². The molecule has 1 aliphatic heterocycles. The second-order valence-electron chi connectivity index (χ2n) is 13.9. The molecule has 4 atom stereocenters. The normalized spacial score (nSPS) is 16.8. The molecular weight excluding hydrogens is 648 g/mol. The van der Waals surface area contributed by atoms with Crippen LogP contribution in [0.1, 0.15) is 63.1 Å². The Balaban J connectivity index is 1.29. The Hall–Kier alpha value is -5.19. The minimum absolute atomic E-state index is 0.0904. The number of nitrogens with one attached hydrogen (secondary N) is 3. The number of esters is 1. The fourth-order valence-corrected chi connectivity index (χ4v) is 6.99. The molecule has 1 fully saturated rings. The highest BCUT2D eigenvalue weighted by Gasteiger charge is 2.40. The number of carbonyl (C=O) groups excluding carboxylic acids is 5. The summed E-state index contributed by atoms with van der Waals surface area (Å²) >= 11 is 0. The van der Waals surface area contributed by atoms with E-state index >= 15 is 0 Å². The predicted molar refractivity (Wildman–Crippen MR) is 192 cm³/mol. The standard InChI is InChI=1S/C40H48N4O7/c1-24(2)34(37(46)43-35(25(3)4)39(48)50-5)42-36(45)33-20-13-21-44(33)38(47)32(22-26-14-7-6-8-15-26)41-40(49)51-23-31-29-18-11-9-16-27(29)28-17-10-12-19-30(28)31/h6-12,14-19,24-25,31-35H,13,20-23H2,1-5H3,(H,41,49)(H,42,45)(H,43,46). The lowest BCUT2D eigenvalue weighted by Crippen LogP contribution is -2.59. The number of likely N-dealkylation sites (tertiary alicyclic amines) is 1. The van der Waals surface area contributed by atoms with E-state index in [0.717, 1.165) is 27.8 Å². The Morgan fingerprint density at radius 2 is 1.35 bits per heavy atom. The van der Waals surface area contributed by atoms with Crippen molar-refractivity contribution in [2.75, 3.05) is 20.3 Å². The van der Waals surface area contributed by atoms with Gasteiger partial charge in [0, 0.05) is 18.9 Å². The molecule has 3 aromatic rings. The molecule has 270 valence electrons. The number of carbonyl (C=O) groups is 5. The first-order chi connectivity index (χ1) is 24.5. The summed E-state index contributed by atoms with van der Waals surface area (Å²) in [4.78, 5) is 68.5. The lowest BCUT2D eigenvalue weighted by Gasteiger charge is -2.31. The number of ether oxygens (including phenoxy) is 2. The van der Waals surface area contributed by atoms with E-state index in [1.807, 2.05) is 66.7 Å². The van der Waals surface area contributed by atoms with Crippen LogP contribution in [0.25, 0.3) is 11.1 Å². The van der Waals surface area contributed by atoms with Crippen LogP contribution in [-0.2, 0) is 35.1 Å². The van der Waals surface area contributed by atoms with Gasteiger partial charge in [0.25, 0.3) is 0 Å². The van der Waals surface area contributed by atoms with Crippen LogP contribution in [0.5, 0.6) is 0 Å². The third-order valence-corrected chi connectivity index (χ3v) is 9.72. The average Bonchev–Trinajstić information content (AvgIpc) is 3.74. The van der Waals surface area contributed by atoms with Gasteiger partial charge in [-0.05, 0) is 52.5 Å². The first kappa shape index (κ1) is 37.1. The molecule has 51 heavy (non-hydrogen) atoms. The lowest BCUT2D eigenvalue weighted by atomic mass is 9.98. The van der Waals surface area contributed by atoms with Crippen molar-refractivity contribution in [3.8, 4) is 11.1 Å². The number of amides is 4. The average molecular weight is 697 g/mol. The van der Waals surface area contributed by atoms with Crippen molar-refractivity contribution in [1.29, 1.82) is 0 Å². The Morgan fingerprint density at radius 3 is 1.94 bits per heavy atom. The van der Waals surface area contributed by atoms with Gasteiger partial charge < -0.3 is 30.3 Å². The van der Waals surface area contributed by atoms with Gasteiger partial charge in [0.05, 0.1) is 7.11 Å². The van der Waals surface area contributed by atoms with Crippen LogP contribution in [0, 0.1) is 11.8 Å². The van der Waals surface area contributed by atoms with Crippen LogP contribution in [0.15, 0.2) is 78.9 Å². The van der Waals surface area contributed by atoms with Crippen LogP contribution in [0.3, 0.4) is 0 Å². The fraction of sp³-hybridized carbons (Fsp3) is 0.425. The van der Waals surface area contributed by atoms with Crippen molar-refractivity contribution in [1.82, 2.24) is 20.9 Å². The van der Waals surface area contributed by atoms with Gasteiger partial charge in [-0.1, -0.05) is 107 Å². The first-order valence-electron chi connectivity index (χ1n) is 17.6. The summed E-state index contributed by atoms with van der Waals surface area (Å²) in [5.41, 5.74) is 5.20. The number of hydrogen-bond acceptors (Lipinski definition) is 7. The zero-order chi connectivity index (χ0) is 36.7. The van der Waals surface area contributed by atoms with Gasteiger partial charge >= 0.3 is 12.1 Å². The van der Waals surface area contributed by atoms with Gasteiger partial charge in [-0.15, -0.1) is 0 Å². The lowest BCUT2D eigenvalue weighted by molar-refractivity contribution is -0.147. The summed E-state index contributed by atoms with van der Waals surface area (Å²) in [6.07, 6.45) is 0.427. The molecule has 0 bridgehead atoms. The SMILES string of the molecule is COC(=O)C(NC(=O)C(NC(=O)C1CCCN1C(=O)C(Cc1ccccc1)NC(=O)OCC1c2ccccc2-c2ccccc21)C(C)C)C(C)C. The minimum Gasteiger partial charge on any atom is -0.467 e. The summed E-state index contributed by atoms with van der Waals surface area (Å²) in [5.74, 6) is -2.68. The van der Waals surface area contributed by atoms with E-state index in [1.54, 1.807) is 27.7 Å². The van der Waals surface area contributed by atoms with Crippen LogP contribution < -0.4 is 16.0 Å². The van der Waals surface area contributed by atoms with E-state index in [9.17, 15) is 24.0 Å². The van der Waals surface area contributed by atoms with E-state index in [2.05, 4.69) is 28.1 Å². The number of nitrogens with zero attached hydrogens (tertiary/aromatic N) is 1. The Bertz CT molecular complexity index is 1680. The Kier molecular flexibility index (Phi) is 12.1. The molecule has 11 heteroatoms. The van der Waals surface area contributed by atoms with Crippen molar-refractivity contribution in [3.63, 3.8) is 0 Å². The summed E-state index contributed by atoms with van der Waals surface area (Å²) < 4.78 is 10.7. The Morgan fingerprint density at radius 1 is 0.765 bits per heavy atom. The highest BCUT2D eigenvalue weighted by atomic mass is 16.5. The molecule has 4 amide bonds. The number of fused-ring (bicyclic) bond motifs is 3. The largest absolute Gasteiger partial charge is 0.467 e. The quantitative estimate of drug-likeness (QED) is 0.222. The molecule has 3 aromatic carbocycles. The monoisotopic (exact) mass is 696 g/mol. The molecule has 11 nitrogen and oxygen atoms in total. The third kappa shape index (κ3) is 8.58. The molecule has 1 saturated heterocycles. The van der Waals surface area contributed by atoms with Crippen molar-refractivity contribution in [2.45, 2.75) is 77.0 Å². The van der Waals surface area contributed by atoms with Crippen molar-refractivity contribution < 1.29 is 33.4 Å². The van der Waals surface area contributed by atoms with E-state index in [0.29, 0.717) is 19.4 Å². The summed E-state index contributed by atoms with van der Waals surface area (Å²) in [6.45, 7) is 7.56.